The van der Waals surface area contributed by atoms with E-state index in [1.165, 1.54) is 34.6 Å². The first kappa shape index (κ1) is 20.2. The van der Waals surface area contributed by atoms with Crippen LogP contribution in [-0.2, 0) is 8.87 Å². The van der Waals surface area contributed by atoms with Crippen LogP contribution < -0.4 is 0 Å². The predicted octanol–water partition coefficient (Wildman–Crippen LogP) is 6.01. The molecule has 0 amide bonds. The van der Waals surface area contributed by atoms with Crippen molar-refractivity contribution in [1.82, 2.24) is 0 Å². The summed E-state index contributed by atoms with van der Waals surface area (Å²) in [7, 11) is 0. The van der Waals surface area contributed by atoms with E-state index in [1.54, 1.807) is 0 Å². The van der Waals surface area contributed by atoms with Gasteiger partial charge in [-0.25, -0.2) is 0 Å². The molecule has 0 bridgehead atoms. The Kier molecular flexibility index (Phi) is 8.14. The topological polar surface area (TPSA) is 40.5 Å². The number of unbranched alkanes of at least 4 members (excludes halogenated alkanes) is 2. The zero-order valence-corrected chi connectivity index (χ0v) is 18.5. The Bertz CT molecular complexity index is 596. The van der Waals surface area contributed by atoms with Crippen LogP contribution in [0.2, 0.25) is 8.87 Å². The molecule has 2 N–H and O–H groups in total. The van der Waals surface area contributed by atoms with E-state index < -0.39 is 18.4 Å². The molecule has 0 aliphatic rings. The molecule has 3 heteroatoms. The van der Waals surface area contributed by atoms with E-state index in [-0.39, 0.29) is 0 Å². The number of aromatic hydroxyl groups is 2. The molecule has 25 heavy (non-hydrogen) atoms. The molecule has 0 heterocycles. The number of benzene rings is 2. The van der Waals surface area contributed by atoms with Gasteiger partial charge in [0.2, 0.25) is 0 Å². The van der Waals surface area contributed by atoms with Gasteiger partial charge in [-0.3, -0.25) is 0 Å². The van der Waals surface area contributed by atoms with E-state index in [0.29, 0.717) is 11.5 Å². The Hall–Kier alpha value is -1.16. The van der Waals surface area contributed by atoms with E-state index in [2.05, 4.69) is 26.0 Å². The summed E-state index contributed by atoms with van der Waals surface area (Å²) >= 11 is -2.61. The summed E-state index contributed by atoms with van der Waals surface area (Å²) in [5.74, 6) is 0.878. The Balaban J connectivity index is 2.35. The first-order chi connectivity index (χ1) is 12.1. The van der Waals surface area contributed by atoms with Crippen molar-refractivity contribution in [2.75, 3.05) is 0 Å². The molecular formula is C22H32O2Sn. The number of para-hydroxylation sites is 2. The second kappa shape index (κ2) is 10.1. The van der Waals surface area contributed by atoms with E-state index in [0.717, 1.165) is 20.0 Å². The van der Waals surface area contributed by atoms with Gasteiger partial charge in [0.15, 0.2) is 0 Å². The van der Waals surface area contributed by atoms with Gasteiger partial charge in [0, 0.05) is 0 Å². The second-order valence-corrected chi connectivity index (χ2v) is 20.8. The van der Waals surface area contributed by atoms with Gasteiger partial charge >= 0.3 is 157 Å². The normalized spacial score (nSPS) is 11.6. The van der Waals surface area contributed by atoms with Crippen molar-refractivity contribution in [3.05, 3.63) is 59.7 Å². The molecule has 0 unspecified atom stereocenters. The third-order valence-corrected chi connectivity index (χ3v) is 19.8. The van der Waals surface area contributed by atoms with Crippen LogP contribution in [0.25, 0.3) is 0 Å². The molecule has 2 aromatic carbocycles. The van der Waals surface area contributed by atoms with Crippen LogP contribution in [-0.4, -0.2) is 28.6 Å². The van der Waals surface area contributed by atoms with Crippen molar-refractivity contribution >= 4 is 18.4 Å². The molecule has 2 aromatic rings. The standard InChI is InChI=1S/2C7H7O.2C4H9.Sn/c2*1-6-4-2-3-5-7(6)8;2*1-3-4-2;/h2*2-5,8H,1H2;2*1,3-4H2,2H3;. The first-order valence-corrected chi connectivity index (χ1v) is 17.7. The molecule has 0 aliphatic heterocycles. The molecule has 0 saturated heterocycles. The summed E-state index contributed by atoms with van der Waals surface area (Å²) in [5, 5.41) is 20.7. The fourth-order valence-electron chi connectivity index (χ4n) is 3.77. The average Bonchev–Trinajstić information content (AvgIpc) is 2.62. The Morgan fingerprint density at radius 2 is 1.08 bits per heavy atom. The number of rotatable bonds is 10. The second-order valence-electron chi connectivity index (χ2n) is 7.32. The molecular weight excluding hydrogens is 415 g/mol. The third kappa shape index (κ3) is 5.95. The predicted molar refractivity (Wildman–Crippen MR) is 109 cm³/mol. The van der Waals surface area contributed by atoms with Crippen LogP contribution in [0.15, 0.2) is 48.5 Å². The molecule has 0 spiro atoms. The average molecular weight is 447 g/mol. The zero-order valence-electron chi connectivity index (χ0n) is 15.7. The van der Waals surface area contributed by atoms with Crippen LogP contribution in [0.5, 0.6) is 11.5 Å². The van der Waals surface area contributed by atoms with Gasteiger partial charge in [0.25, 0.3) is 0 Å². The van der Waals surface area contributed by atoms with Gasteiger partial charge in [0.05, 0.1) is 0 Å². The van der Waals surface area contributed by atoms with Crippen molar-refractivity contribution in [2.45, 2.75) is 57.3 Å². The molecule has 0 radical (unpaired) electrons. The monoisotopic (exact) mass is 448 g/mol. The van der Waals surface area contributed by atoms with Gasteiger partial charge in [-0.1, -0.05) is 0 Å². The van der Waals surface area contributed by atoms with E-state index in [4.69, 9.17) is 0 Å². The van der Waals surface area contributed by atoms with E-state index in [1.807, 2.05) is 36.4 Å². The van der Waals surface area contributed by atoms with Crippen LogP contribution in [0.1, 0.15) is 50.7 Å². The molecule has 0 atom stereocenters. The van der Waals surface area contributed by atoms with Crippen LogP contribution in [0, 0.1) is 0 Å². The number of phenols is 2. The fourth-order valence-corrected chi connectivity index (χ4v) is 19.5. The molecule has 0 aromatic heterocycles. The zero-order chi connectivity index (χ0) is 18.1. The van der Waals surface area contributed by atoms with E-state index in [9.17, 15) is 10.2 Å². The van der Waals surface area contributed by atoms with Crippen LogP contribution in [0.3, 0.4) is 0 Å². The summed E-state index contributed by atoms with van der Waals surface area (Å²) in [4.78, 5) is 0. The van der Waals surface area contributed by atoms with Crippen molar-refractivity contribution < 1.29 is 10.2 Å². The Morgan fingerprint density at radius 1 is 0.680 bits per heavy atom. The quantitative estimate of drug-likeness (QED) is 0.438. The Labute approximate surface area is 156 Å². The van der Waals surface area contributed by atoms with Crippen LogP contribution in [0.4, 0.5) is 0 Å². The van der Waals surface area contributed by atoms with Crippen molar-refractivity contribution in [2.24, 2.45) is 0 Å². The van der Waals surface area contributed by atoms with Gasteiger partial charge < -0.3 is 0 Å². The maximum absolute atomic E-state index is 10.3. The number of hydrogen-bond acceptors (Lipinski definition) is 2. The van der Waals surface area contributed by atoms with Gasteiger partial charge in [-0.15, -0.1) is 0 Å². The SMILES string of the molecule is CCC[CH2][Sn]([CH2]CCC)([CH2]c1ccccc1O)[CH2]c1ccccc1O. The van der Waals surface area contributed by atoms with Crippen molar-refractivity contribution in [1.29, 1.82) is 0 Å². The number of phenolic OH excluding ortho intramolecular Hbond substituents is 2. The van der Waals surface area contributed by atoms with Crippen molar-refractivity contribution in [3.8, 4) is 11.5 Å². The fraction of sp³-hybridized carbons (Fsp3) is 0.455. The minimum atomic E-state index is -2.61. The first-order valence-electron chi connectivity index (χ1n) is 9.64. The Morgan fingerprint density at radius 3 is 1.44 bits per heavy atom. The summed E-state index contributed by atoms with van der Waals surface area (Å²) in [6.45, 7) is 4.52. The molecule has 0 aliphatic carbocycles. The van der Waals surface area contributed by atoms with Crippen LogP contribution >= 0.6 is 0 Å². The molecule has 2 rings (SSSR count). The third-order valence-electron chi connectivity index (χ3n) is 5.24. The minimum absolute atomic E-state index is 0.439. The summed E-state index contributed by atoms with van der Waals surface area (Å²) < 4.78 is 4.78. The molecule has 2 nitrogen and oxygen atoms in total. The summed E-state index contributed by atoms with van der Waals surface area (Å²) in [6, 6.07) is 15.7. The molecule has 0 saturated carbocycles. The number of hydrogen-bond donors (Lipinski definition) is 2. The molecule has 136 valence electrons. The summed E-state index contributed by atoms with van der Waals surface area (Å²) in [5.41, 5.74) is 2.22. The van der Waals surface area contributed by atoms with Crippen molar-refractivity contribution in [3.63, 3.8) is 0 Å². The van der Waals surface area contributed by atoms with Gasteiger partial charge in [-0.05, 0) is 0 Å². The van der Waals surface area contributed by atoms with Gasteiger partial charge in [-0.2, -0.15) is 0 Å². The molecule has 0 fully saturated rings. The summed E-state index contributed by atoms with van der Waals surface area (Å²) in [6.07, 6.45) is 4.96. The van der Waals surface area contributed by atoms with Gasteiger partial charge in [0.1, 0.15) is 0 Å². The maximum atomic E-state index is 10.3. The van der Waals surface area contributed by atoms with E-state index >= 15 is 0 Å².